The Morgan fingerprint density at radius 3 is 2.52 bits per heavy atom. The minimum Gasteiger partial charge on any atom is -0.493 e. The molecule has 0 N–H and O–H groups in total. The topological polar surface area (TPSA) is 30.9 Å². The molecule has 0 amide bonds. The van der Waals surface area contributed by atoms with Gasteiger partial charge in [0.05, 0.1) is 14.2 Å². The maximum Gasteiger partial charge on any atom is 0.160 e. The molecule has 2 atom stereocenters. The van der Waals surface area contributed by atoms with Crippen molar-refractivity contribution >= 4 is 0 Å². The molecule has 1 saturated heterocycles. The summed E-state index contributed by atoms with van der Waals surface area (Å²) in [7, 11) is 3.36. The monoisotopic (exact) mass is 415 g/mol. The van der Waals surface area contributed by atoms with Gasteiger partial charge in [-0.05, 0) is 35.7 Å². The van der Waals surface area contributed by atoms with Crippen molar-refractivity contribution in [3.63, 3.8) is 0 Å². The Morgan fingerprint density at radius 1 is 0.935 bits per heavy atom. The first-order valence-electron chi connectivity index (χ1n) is 11.0. The molecule has 0 spiro atoms. The zero-order chi connectivity index (χ0) is 21.3. The van der Waals surface area contributed by atoms with E-state index in [1.165, 1.54) is 16.7 Å². The summed E-state index contributed by atoms with van der Waals surface area (Å²) in [5, 5.41) is 0. The fourth-order valence-corrected chi connectivity index (χ4v) is 5.29. The Bertz CT molecular complexity index is 1050. The van der Waals surface area contributed by atoms with Crippen LogP contribution in [-0.2, 0) is 11.8 Å². The van der Waals surface area contributed by atoms with E-state index >= 15 is 0 Å². The maximum absolute atomic E-state index is 6.42. The van der Waals surface area contributed by atoms with Gasteiger partial charge in [-0.2, -0.15) is 0 Å². The van der Waals surface area contributed by atoms with Crippen molar-refractivity contribution in [1.82, 2.24) is 4.90 Å². The van der Waals surface area contributed by atoms with Crippen molar-refractivity contribution in [3.05, 3.63) is 89.5 Å². The van der Waals surface area contributed by atoms with E-state index in [2.05, 4.69) is 71.6 Å². The van der Waals surface area contributed by atoms with Crippen molar-refractivity contribution < 1.29 is 14.2 Å². The van der Waals surface area contributed by atoms with E-state index < -0.39 is 0 Å². The standard InChI is InChI=1S/C27H29NO3/c1-29-25-13-12-20(16-26(25)30-2)14-15-28-18-22-17-27(19-28,21-8-4-3-5-9-21)23-10-6-7-11-24(23)31-22/h3-13,16,22H,14-15,17-19H2,1-2H3/t22-,27+/m0/s1. The summed E-state index contributed by atoms with van der Waals surface area (Å²) in [6, 6.07) is 25.7. The minimum atomic E-state index is -0.0311. The lowest BCUT2D eigenvalue weighted by molar-refractivity contribution is 0.0313. The molecule has 4 nitrogen and oxygen atoms in total. The van der Waals surface area contributed by atoms with Gasteiger partial charge in [0.15, 0.2) is 11.5 Å². The molecule has 2 aliphatic rings. The third-order valence-electron chi connectivity index (χ3n) is 6.72. The van der Waals surface area contributed by atoms with E-state index in [0.29, 0.717) is 0 Å². The number of hydrogen-bond acceptors (Lipinski definition) is 4. The average Bonchev–Trinajstić information content (AvgIpc) is 2.83. The lowest BCUT2D eigenvalue weighted by Gasteiger charge is -2.50. The van der Waals surface area contributed by atoms with Crippen LogP contribution in [0.15, 0.2) is 72.8 Å². The number of methoxy groups -OCH3 is 2. The van der Waals surface area contributed by atoms with Gasteiger partial charge in [0.1, 0.15) is 11.9 Å². The Morgan fingerprint density at radius 2 is 1.71 bits per heavy atom. The molecule has 160 valence electrons. The van der Waals surface area contributed by atoms with Gasteiger partial charge in [0.25, 0.3) is 0 Å². The van der Waals surface area contributed by atoms with Gasteiger partial charge >= 0.3 is 0 Å². The van der Waals surface area contributed by atoms with Gasteiger partial charge in [-0.1, -0.05) is 54.6 Å². The molecular weight excluding hydrogens is 386 g/mol. The van der Waals surface area contributed by atoms with Crippen molar-refractivity contribution in [1.29, 1.82) is 0 Å². The van der Waals surface area contributed by atoms with Crippen LogP contribution in [0.1, 0.15) is 23.1 Å². The molecule has 2 heterocycles. The molecular formula is C27H29NO3. The number of rotatable bonds is 6. The summed E-state index contributed by atoms with van der Waals surface area (Å²) in [4.78, 5) is 2.56. The van der Waals surface area contributed by atoms with Crippen LogP contribution >= 0.6 is 0 Å². The van der Waals surface area contributed by atoms with Crippen LogP contribution in [0.3, 0.4) is 0 Å². The highest BCUT2D eigenvalue weighted by molar-refractivity contribution is 5.50. The third-order valence-corrected chi connectivity index (χ3v) is 6.72. The Labute approximate surface area is 184 Å². The predicted octanol–water partition coefficient (Wildman–Crippen LogP) is 4.70. The fraction of sp³-hybridized carbons (Fsp3) is 0.333. The highest BCUT2D eigenvalue weighted by atomic mass is 16.5. The highest BCUT2D eigenvalue weighted by Crippen LogP contribution is 2.48. The van der Waals surface area contributed by atoms with Gasteiger partial charge in [-0.25, -0.2) is 0 Å². The third kappa shape index (κ3) is 3.66. The molecule has 31 heavy (non-hydrogen) atoms. The smallest absolute Gasteiger partial charge is 0.160 e. The van der Waals surface area contributed by atoms with Crippen molar-refractivity contribution in [2.75, 3.05) is 33.9 Å². The SMILES string of the molecule is COc1ccc(CCN2C[C@@H]3C[C@](c4ccccc4)(C2)c2ccccc2O3)cc1OC. The quantitative estimate of drug-likeness (QED) is 0.584. The molecule has 2 bridgehead atoms. The largest absolute Gasteiger partial charge is 0.493 e. The summed E-state index contributed by atoms with van der Waals surface area (Å²) in [5.74, 6) is 2.60. The van der Waals surface area contributed by atoms with Crippen LogP contribution in [-0.4, -0.2) is 44.9 Å². The van der Waals surface area contributed by atoms with E-state index in [9.17, 15) is 0 Å². The zero-order valence-electron chi connectivity index (χ0n) is 18.2. The highest BCUT2D eigenvalue weighted by Gasteiger charge is 2.47. The van der Waals surface area contributed by atoms with Crippen molar-refractivity contribution in [3.8, 4) is 17.2 Å². The van der Waals surface area contributed by atoms with Gasteiger partial charge in [-0.15, -0.1) is 0 Å². The first kappa shape index (κ1) is 20.0. The van der Waals surface area contributed by atoms with Gasteiger partial charge in [0, 0.05) is 37.0 Å². The molecule has 3 aromatic carbocycles. The fourth-order valence-electron chi connectivity index (χ4n) is 5.29. The molecule has 0 aliphatic carbocycles. The van der Waals surface area contributed by atoms with E-state index in [4.69, 9.17) is 14.2 Å². The van der Waals surface area contributed by atoms with Gasteiger partial charge < -0.3 is 14.2 Å². The average molecular weight is 416 g/mol. The van der Waals surface area contributed by atoms with Crippen LogP contribution in [0.4, 0.5) is 0 Å². The summed E-state index contributed by atoms with van der Waals surface area (Å²) < 4.78 is 17.3. The number of ether oxygens (including phenoxy) is 3. The van der Waals surface area contributed by atoms with E-state index in [1.807, 2.05) is 6.07 Å². The Hall–Kier alpha value is -2.98. The molecule has 4 heteroatoms. The number of para-hydroxylation sites is 1. The summed E-state index contributed by atoms with van der Waals surface area (Å²) in [5.41, 5.74) is 3.92. The molecule has 0 aromatic heterocycles. The minimum absolute atomic E-state index is 0.0311. The van der Waals surface area contributed by atoms with Gasteiger partial charge in [0.2, 0.25) is 0 Å². The molecule has 1 fully saturated rings. The number of nitrogens with zero attached hydrogens (tertiary/aromatic N) is 1. The Balaban J connectivity index is 1.42. The van der Waals surface area contributed by atoms with Crippen molar-refractivity contribution in [2.45, 2.75) is 24.4 Å². The maximum atomic E-state index is 6.42. The predicted molar refractivity (Wildman–Crippen MR) is 122 cm³/mol. The molecule has 5 rings (SSSR count). The Kier molecular flexibility index (Phi) is 5.33. The van der Waals surface area contributed by atoms with Crippen LogP contribution < -0.4 is 14.2 Å². The zero-order valence-corrected chi connectivity index (χ0v) is 18.2. The summed E-state index contributed by atoms with van der Waals surface area (Å²) in [6.45, 7) is 2.93. The molecule has 0 unspecified atom stereocenters. The second kappa shape index (κ2) is 8.27. The van der Waals surface area contributed by atoms with Crippen LogP contribution in [0.5, 0.6) is 17.2 Å². The van der Waals surface area contributed by atoms with E-state index in [0.717, 1.165) is 49.7 Å². The summed E-state index contributed by atoms with van der Waals surface area (Å²) in [6.07, 6.45) is 2.19. The van der Waals surface area contributed by atoms with E-state index in [1.54, 1.807) is 14.2 Å². The van der Waals surface area contributed by atoms with Crippen LogP contribution in [0.2, 0.25) is 0 Å². The lowest BCUT2D eigenvalue weighted by Crippen LogP contribution is -2.56. The second-order valence-corrected chi connectivity index (χ2v) is 8.56. The number of piperidine rings is 1. The molecule has 2 aliphatic heterocycles. The van der Waals surface area contributed by atoms with Crippen LogP contribution in [0, 0.1) is 0 Å². The van der Waals surface area contributed by atoms with E-state index in [-0.39, 0.29) is 11.5 Å². The first-order chi connectivity index (χ1) is 15.2. The number of fused-ring (bicyclic) bond motifs is 4. The number of benzene rings is 3. The molecule has 0 radical (unpaired) electrons. The van der Waals surface area contributed by atoms with Crippen LogP contribution in [0.25, 0.3) is 0 Å². The molecule has 3 aromatic rings. The van der Waals surface area contributed by atoms with Crippen molar-refractivity contribution in [2.24, 2.45) is 0 Å². The summed E-state index contributed by atoms with van der Waals surface area (Å²) >= 11 is 0. The normalized spacial score (nSPS) is 22.3. The first-order valence-corrected chi connectivity index (χ1v) is 11.0. The molecule has 0 saturated carbocycles. The lowest BCUT2D eigenvalue weighted by atomic mass is 9.67. The number of likely N-dealkylation sites (tertiary alicyclic amines) is 1. The number of hydrogen-bond donors (Lipinski definition) is 0. The van der Waals surface area contributed by atoms with Gasteiger partial charge in [-0.3, -0.25) is 4.90 Å². The second-order valence-electron chi connectivity index (χ2n) is 8.56.